The van der Waals surface area contributed by atoms with E-state index in [0.29, 0.717) is 16.6 Å². The number of anilines is 1. The zero-order chi connectivity index (χ0) is 10.8. The number of nitrogens with two attached hydrogens (primary N) is 1. The van der Waals surface area contributed by atoms with Crippen LogP contribution in [0.2, 0.25) is 0 Å². The second-order valence-corrected chi connectivity index (χ2v) is 4.37. The molecule has 0 aromatic carbocycles. The standard InChI is InChI=1S/C10H14N4S/c1-14(6-7-2-3-7)10-12-5-4-8(13-10)9(11)15/h4-5,7H,2-3,6H2,1H3,(H2,11,15). The molecule has 0 atom stereocenters. The SMILES string of the molecule is CN(CC1CC1)c1nccc(C(N)=S)n1. The minimum Gasteiger partial charge on any atom is -0.388 e. The molecule has 1 aromatic rings. The Kier molecular flexibility index (Phi) is 2.81. The van der Waals surface area contributed by atoms with Crippen LogP contribution in [-0.4, -0.2) is 28.5 Å². The monoisotopic (exact) mass is 222 g/mol. The summed E-state index contributed by atoms with van der Waals surface area (Å²) in [5, 5.41) is 0. The molecule has 0 spiro atoms. The van der Waals surface area contributed by atoms with Crippen molar-refractivity contribution in [2.75, 3.05) is 18.5 Å². The third-order valence-electron chi connectivity index (χ3n) is 2.47. The lowest BCUT2D eigenvalue weighted by molar-refractivity contribution is 0.763. The molecule has 0 unspecified atom stereocenters. The van der Waals surface area contributed by atoms with Gasteiger partial charge in [-0.05, 0) is 24.8 Å². The molecule has 1 fully saturated rings. The third kappa shape index (κ3) is 2.62. The molecule has 0 bridgehead atoms. The van der Waals surface area contributed by atoms with Crippen molar-refractivity contribution in [3.05, 3.63) is 18.0 Å². The topological polar surface area (TPSA) is 55.0 Å². The van der Waals surface area contributed by atoms with E-state index < -0.39 is 0 Å². The fourth-order valence-electron chi connectivity index (χ4n) is 1.44. The molecule has 15 heavy (non-hydrogen) atoms. The van der Waals surface area contributed by atoms with Crippen molar-refractivity contribution in [2.24, 2.45) is 11.7 Å². The van der Waals surface area contributed by atoms with Gasteiger partial charge in [0, 0.05) is 19.8 Å². The molecule has 4 nitrogen and oxygen atoms in total. The Morgan fingerprint density at radius 2 is 2.40 bits per heavy atom. The van der Waals surface area contributed by atoms with Gasteiger partial charge in [0.05, 0.1) is 0 Å². The number of hydrogen-bond donors (Lipinski definition) is 1. The lowest BCUT2D eigenvalue weighted by atomic mass is 10.4. The second-order valence-electron chi connectivity index (χ2n) is 3.93. The van der Waals surface area contributed by atoms with Gasteiger partial charge in [0.1, 0.15) is 10.7 Å². The minimum atomic E-state index is 0.318. The van der Waals surface area contributed by atoms with E-state index in [1.807, 2.05) is 7.05 Å². The van der Waals surface area contributed by atoms with E-state index in [-0.39, 0.29) is 0 Å². The van der Waals surface area contributed by atoms with Crippen LogP contribution in [0.25, 0.3) is 0 Å². The molecule has 1 heterocycles. The van der Waals surface area contributed by atoms with Crippen molar-refractivity contribution in [3.63, 3.8) is 0 Å². The van der Waals surface area contributed by atoms with E-state index in [4.69, 9.17) is 18.0 Å². The van der Waals surface area contributed by atoms with E-state index in [9.17, 15) is 0 Å². The zero-order valence-electron chi connectivity index (χ0n) is 8.68. The van der Waals surface area contributed by atoms with E-state index >= 15 is 0 Å². The molecule has 0 aliphatic heterocycles. The second kappa shape index (κ2) is 4.10. The van der Waals surface area contributed by atoms with Crippen LogP contribution in [0.3, 0.4) is 0 Å². The molecule has 1 saturated carbocycles. The molecule has 0 amide bonds. The Balaban J connectivity index is 2.11. The Hall–Kier alpha value is -1.23. The normalized spacial score (nSPS) is 15.0. The molecular formula is C10H14N4S. The van der Waals surface area contributed by atoms with Crippen LogP contribution in [-0.2, 0) is 0 Å². The highest BCUT2D eigenvalue weighted by Crippen LogP contribution is 2.30. The summed E-state index contributed by atoms with van der Waals surface area (Å²) in [5.74, 6) is 1.51. The number of nitrogens with zero attached hydrogens (tertiary/aromatic N) is 3. The van der Waals surface area contributed by atoms with E-state index in [1.165, 1.54) is 12.8 Å². The molecule has 80 valence electrons. The first-order valence-corrected chi connectivity index (χ1v) is 5.41. The van der Waals surface area contributed by atoms with Crippen molar-refractivity contribution in [1.82, 2.24) is 9.97 Å². The number of hydrogen-bond acceptors (Lipinski definition) is 4. The van der Waals surface area contributed by atoms with Crippen LogP contribution < -0.4 is 10.6 Å². The fourth-order valence-corrected chi connectivity index (χ4v) is 1.55. The van der Waals surface area contributed by atoms with E-state index in [1.54, 1.807) is 12.3 Å². The molecule has 0 radical (unpaired) electrons. The lowest BCUT2D eigenvalue weighted by Gasteiger charge is -2.16. The van der Waals surface area contributed by atoms with Gasteiger partial charge in [0.15, 0.2) is 0 Å². The van der Waals surface area contributed by atoms with Gasteiger partial charge in [0.2, 0.25) is 5.95 Å². The van der Waals surface area contributed by atoms with Crippen LogP contribution in [0.15, 0.2) is 12.3 Å². The first-order valence-electron chi connectivity index (χ1n) is 5.01. The maximum absolute atomic E-state index is 5.52. The van der Waals surface area contributed by atoms with Gasteiger partial charge < -0.3 is 10.6 Å². The van der Waals surface area contributed by atoms with Gasteiger partial charge in [-0.25, -0.2) is 9.97 Å². The minimum absolute atomic E-state index is 0.318. The third-order valence-corrected chi connectivity index (χ3v) is 2.67. The van der Waals surface area contributed by atoms with Gasteiger partial charge in [-0.1, -0.05) is 12.2 Å². The Morgan fingerprint density at radius 3 is 3.00 bits per heavy atom. The van der Waals surface area contributed by atoms with Crippen molar-refractivity contribution >= 4 is 23.2 Å². The first-order chi connectivity index (χ1) is 7.16. The Labute approximate surface area is 94.5 Å². The molecule has 5 heteroatoms. The largest absolute Gasteiger partial charge is 0.388 e. The highest BCUT2D eigenvalue weighted by molar-refractivity contribution is 7.80. The van der Waals surface area contributed by atoms with E-state index in [0.717, 1.165) is 12.5 Å². The first kappa shape index (κ1) is 10.3. The van der Waals surface area contributed by atoms with Crippen molar-refractivity contribution in [1.29, 1.82) is 0 Å². The summed E-state index contributed by atoms with van der Waals surface area (Å²) < 4.78 is 0. The molecule has 0 saturated heterocycles. The number of aromatic nitrogens is 2. The maximum Gasteiger partial charge on any atom is 0.225 e. The zero-order valence-corrected chi connectivity index (χ0v) is 9.50. The summed E-state index contributed by atoms with van der Waals surface area (Å²) >= 11 is 4.88. The lowest BCUT2D eigenvalue weighted by Crippen LogP contribution is -2.23. The fraction of sp³-hybridized carbons (Fsp3) is 0.500. The van der Waals surface area contributed by atoms with Crippen molar-refractivity contribution in [3.8, 4) is 0 Å². The van der Waals surface area contributed by atoms with Crippen LogP contribution in [0.1, 0.15) is 18.5 Å². The highest BCUT2D eigenvalue weighted by Gasteiger charge is 2.23. The molecule has 1 aliphatic carbocycles. The smallest absolute Gasteiger partial charge is 0.225 e. The average Bonchev–Trinajstić information content (AvgIpc) is 3.02. The summed E-state index contributed by atoms with van der Waals surface area (Å²) in [4.78, 5) is 10.9. The number of rotatable bonds is 4. The molecular weight excluding hydrogens is 208 g/mol. The summed E-state index contributed by atoms with van der Waals surface area (Å²) in [6.45, 7) is 1.01. The van der Waals surface area contributed by atoms with Gasteiger partial charge >= 0.3 is 0 Å². The molecule has 2 N–H and O–H groups in total. The van der Waals surface area contributed by atoms with Gasteiger partial charge in [-0.2, -0.15) is 0 Å². The van der Waals surface area contributed by atoms with E-state index in [2.05, 4.69) is 14.9 Å². The summed E-state index contributed by atoms with van der Waals surface area (Å²) in [5.41, 5.74) is 6.16. The predicted octanol–water partition coefficient (Wildman–Crippen LogP) is 0.957. The quantitative estimate of drug-likeness (QED) is 0.769. The van der Waals surface area contributed by atoms with Gasteiger partial charge in [-0.15, -0.1) is 0 Å². The summed E-state index contributed by atoms with van der Waals surface area (Å²) in [6, 6.07) is 1.73. The highest BCUT2D eigenvalue weighted by atomic mass is 32.1. The van der Waals surface area contributed by atoms with Gasteiger partial charge in [0.25, 0.3) is 0 Å². The van der Waals surface area contributed by atoms with Crippen LogP contribution in [0.5, 0.6) is 0 Å². The summed E-state index contributed by atoms with van der Waals surface area (Å²) in [7, 11) is 2.00. The molecule has 2 rings (SSSR count). The Morgan fingerprint density at radius 1 is 1.67 bits per heavy atom. The molecule has 1 aliphatic rings. The summed E-state index contributed by atoms with van der Waals surface area (Å²) in [6.07, 6.45) is 4.33. The predicted molar refractivity (Wildman–Crippen MR) is 63.9 cm³/mol. The maximum atomic E-state index is 5.52. The number of thiocarbonyl (C=S) groups is 1. The van der Waals surface area contributed by atoms with Crippen LogP contribution in [0.4, 0.5) is 5.95 Å². The van der Waals surface area contributed by atoms with Gasteiger partial charge in [-0.3, -0.25) is 0 Å². The Bertz CT molecular complexity index is 375. The van der Waals surface area contributed by atoms with Crippen LogP contribution >= 0.6 is 12.2 Å². The molecule has 1 aromatic heterocycles. The van der Waals surface area contributed by atoms with Crippen LogP contribution in [0, 0.1) is 5.92 Å². The van der Waals surface area contributed by atoms with Crippen molar-refractivity contribution < 1.29 is 0 Å². The average molecular weight is 222 g/mol. The van der Waals surface area contributed by atoms with Crippen molar-refractivity contribution in [2.45, 2.75) is 12.8 Å².